The zero-order valence-electron chi connectivity index (χ0n) is 18.6. The lowest BCUT2D eigenvalue weighted by Crippen LogP contribution is -2.25. The summed E-state index contributed by atoms with van der Waals surface area (Å²) in [4.78, 5) is 9.37. The van der Waals surface area contributed by atoms with Crippen LogP contribution in [0.15, 0.2) is 113 Å². The van der Waals surface area contributed by atoms with Crippen molar-refractivity contribution in [1.29, 1.82) is 0 Å². The smallest absolute Gasteiger partial charge is 0.207 e. The minimum atomic E-state index is -3.51. The Morgan fingerprint density at radius 2 is 1.54 bits per heavy atom. The average molecular weight is 476 g/mol. The van der Waals surface area contributed by atoms with E-state index in [-0.39, 0.29) is 12.0 Å². The number of hydrogen-bond donors (Lipinski definition) is 2. The van der Waals surface area contributed by atoms with Crippen LogP contribution in [0.2, 0.25) is 0 Å². The van der Waals surface area contributed by atoms with E-state index in [1.807, 2.05) is 48.7 Å². The van der Waals surface area contributed by atoms with Crippen molar-refractivity contribution in [3.05, 3.63) is 109 Å². The van der Waals surface area contributed by atoms with E-state index in [0.29, 0.717) is 9.79 Å². The van der Waals surface area contributed by atoms with Gasteiger partial charge in [0.05, 0.1) is 27.2 Å². The predicted molar refractivity (Wildman–Crippen MR) is 137 cm³/mol. The van der Waals surface area contributed by atoms with E-state index < -0.39 is 9.84 Å². The lowest BCUT2D eigenvalue weighted by molar-refractivity contribution is 0.598. The van der Waals surface area contributed by atoms with Crippen LogP contribution in [0.4, 0.5) is 0 Å². The maximum Gasteiger partial charge on any atom is 0.207 e. The molecular weight excluding hydrogens is 454 g/mol. The predicted octanol–water partition coefficient (Wildman–Crippen LogP) is 5.61. The van der Waals surface area contributed by atoms with E-state index in [1.54, 1.807) is 18.2 Å². The first-order valence-corrected chi connectivity index (χ1v) is 13.1. The van der Waals surface area contributed by atoms with Crippen molar-refractivity contribution in [3.63, 3.8) is 0 Å². The lowest BCUT2D eigenvalue weighted by atomic mass is 9.91. The van der Waals surface area contributed by atoms with Gasteiger partial charge in [-0.25, -0.2) is 13.4 Å². The maximum absolute atomic E-state index is 13.1. The van der Waals surface area contributed by atoms with Gasteiger partial charge in [-0.15, -0.1) is 0 Å². The summed E-state index contributed by atoms with van der Waals surface area (Å²) in [6.45, 7) is 0. The summed E-state index contributed by atoms with van der Waals surface area (Å²) in [6, 6.07) is 23.1. The second kappa shape index (κ2) is 7.42. The topological polar surface area (TPSA) is 74.8 Å². The van der Waals surface area contributed by atoms with E-state index >= 15 is 0 Å². The summed E-state index contributed by atoms with van der Waals surface area (Å²) < 4.78 is 26.2. The molecule has 0 saturated heterocycles. The number of aromatic nitrogens is 2. The van der Waals surface area contributed by atoms with Gasteiger partial charge >= 0.3 is 0 Å². The Bertz CT molecular complexity index is 1690. The number of nitrogens with zero attached hydrogens (tertiary/aromatic N) is 1. The first-order chi connectivity index (χ1) is 17.1. The van der Waals surface area contributed by atoms with Crippen molar-refractivity contribution < 1.29 is 8.42 Å². The summed E-state index contributed by atoms with van der Waals surface area (Å²) in [5, 5.41) is 3.44. The van der Waals surface area contributed by atoms with Gasteiger partial charge in [-0.05, 0) is 18.2 Å². The SMILES string of the molecule is O=S1(=O)c2ccccc2-c2cc(-c3nc(C4=CN[C@H]5C=CC=C[C@@H]45)[nH]c3-c3ccccc3)ccc21. The largest absolute Gasteiger partial charge is 0.383 e. The van der Waals surface area contributed by atoms with Crippen molar-refractivity contribution in [3.8, 4) is 33.6 Å². The van der Waals surface area contributed by atoms with Crippen LogP contribution in [-0.2, 0) is 9.84 Å². The summed E-state index contributed by atoms with van der Waals surface area (Å²) >= 11 is 0. The number of H-pyrrole nitrogens is 1. The second-order valence-corrected chi connectivity index (χ2v) is 10.9. The van der Waals surface area contributed by atoms with Crippen LogP contribution < -0.4 is 5.32 Å². The van der Waals surface area contributed by atoms with Crippen LogP contribution in [0.25, 0.3) is 39.2 Å². The van der Waals surface area contributed by atoms with Gasteiger partial charge in [0.2, 0.25) is 9.84 Å². The van der Waals surface area contributed by atoms with E-state index in [2.05, 4.69) is 46.7 Å². The fourth-order valence-corrected chi connectivity index (χ4v) is 6.94. The highest BCUT2D eigenvalue weighted by Crippen LogP contribution is 2.45. The number of fused-ring (bicyclic) bond motifs is 4. The second-order valence-electron chi connectivity index (χ2n) is 8.97. The monoisotopic (exact) mass is 475 g/mol. The summed E-state index contributed by atoms with van der Waals surface area (Å²) in [5.74, 6) is 1.02. The van der Waals surface area contributed by atoms with Gasteiger partial charge in [-0.2, -0.15) is 0 Å². The normalized spacial score (nSPS) is 20.6. The zero-order valence-corrected chi connectivity index (χ0v) is 19.5. The third kappa shape index (κ3) is 3.00. The molecule has 0 bridgehead atoms. The lowest BCUT2D eigenvalue weighted by Gasteiger charge is -2.17. The van der Waals surface area contributed by atoms with Gasteiger partial charge in [0.15, 0.2) is 0 Å². The van der Waals surface area contributed by atoms with Gasteiger partial charge in [-0.1, -0.05) is 78.9 Å². The van der Waals surface area contributed by atoms with Crippen molar-refractivity contribution >= 4 is 15.4 Å². The molecule has 0 saturated carbocycles. The quantitative estimate of drug-likeness (QED) is 0.356. The summed E-state index contributed by atoms with van der Waals surface area (Å²) in [6.07, 6.45) is 10.5. The highest BCUT2D eigenvalue weighted by atomic mass is 32.2. The molecule has 35 heavy (non-hydrogen) atoms. The first kappa shape index (κ1) is 20.2. The van der Waals surface area contributed by atoms with Gasteiger partial charge in [0, 0.05) is 39.9 Å². The Hall–Kier alpha value is -4.16. The molecule has 1 aliphatic carbocycles. The molecular formula is C29H21N3O2S. The van der Waals surface area contributed by atoms with E-state index in [9.17, 15) is 8.42 Å². The molecule has 3 aromatic carbocycles. The Morgan fingerprint density at radius 1 is 0.771 bits per heavy atom. The summed E-state index contributed by atoms with van der Waals surface area (Å²) in [7, 11) is -3.51. The number of allylic oxidation sites excluding steroid dienone is 2. The van der Waals surface area contributed by atoms with Gasteiger partial charge in [-0.3, -0.25) is 0 Å². The molecule has 0 radical (unpaired) electrons. The van der Waals surface area contributed by atoms with E-state index in [1.165, 1.54) is 0 Å². The molecule has 7 rings (SSSR count). The minimum absolute atomic E-state index is 0.208. The molecule has 2 aliphatic heterocycles. The number of imidazole rings is 1. The molecule has 6 heteroatoms. The average Bonchev–Trinajstić information content (AvgIpc) is 3.58. The fraction of sp³-hybridized carbons (Fsp3) is 0.0690. The molecule has 1 aromatic heterocycles. The Kier molecular flexibility index (Phi) is 4.29. The van der Waals surface area contributed by atoms with Crippen molar-refractivity contribution in [2.75, 3.05) is 0 Å². The Balaban J connectivity index is 1.41. The highest BCUT2D eigenvalue weighted by molar-refractivity contribution is 7.92. The van der Waals surface area contributed by atoms with Crippen molar-refractivity contribution in [2.24, 2.45) is 5.92 Å². The highest BCUT2D eigenvalue weighted by Gasteiger charge is 2.34. The number of nitrogens with one attached hydrogen (secondary N) is 2. The molecule has 0 amide bonds. The number of rotatable bonds is 3. The molecule has 0 fully saturated rings. The molecule has 170 valence electrons. The molecule has 2 atom stereocenters. The minimum Gasteiger partial charge on any atom is -0.383 e. The molecule has 0 unspecified atom stereocenters. The van der Waals surface area contributed by atoms with E-state index in [4.69, 9.17) is 4.98 Å². The van der Waals surface area contributed by atoms with Gasteiger partial charge in [0.1, 0.15) is 5.82 Å². The van der Waals surface area contributed by atoms with Crippen LogP contribution in [0.5, 0.6) is 0 Å². The van der Waals surface area contributed by atoms with E-state index in [0.717, 1.165) is 45.0 Å². The number of aromatic amines is 1. The fourth-order valence-electron chi connectivity index (χ4n) is 5.27. The zero-order chi connectivity index (χ0) is 23.6. The van der Waals surface area contributed by atoms with Crippen molar-refractivity contribution in [2.45, 2.75) is 15.8 Å². The number of sulfone groups is 1. The van der Waals surface area contributed by atoms with Gasteiger partial charge in [0.25, 0.3) is 0 Å². The Morgan fingerprint density at radius 3 is 2.43 bits per heavy atom. The van der Waals surface area contributed by atoms with Crippen LogP contribution in [-0.4, -0.2) is 24.4 Å². The van der Waals surface area contributed by atoms with Crippen LogP contribution >= 0.6 is 0 Å². The van der Waals surface area contributed by atoms with Gasteiger partial charge < -0.3 is 10.3 Å². The van der Waals surface area contributed by atoms with Crippen molar-refractivity contribution in [1.82, 2.24) is 15.3 Å². The van der Waals surface area contributed by atoms with Crippen LogP contribution in [0, 0.1) is 5.92 Å². The first-order valence-electron chi connectivity index (χ1n) is 11.6. The standard InChI is InChI=1S/C29H21N3O2S/c33-35(34)25-13-7-5-11-21(25)22-16-19(14-15-26(22)35)28-27(18-8-2-1-3-9-18)31-29(32-28)23-17-30-24-12-6-4-10-20(23)24/h1-17,20,24,30H,(H,31,32)/t20-,24-/m0/s1. The molecule has 5 nitrogen and oxygen atoms in total. The third-order valence-corrected chi connectivity index (χ3v) is 8.84. The third-order valence-electron chi connectivity index (χ3n) is 6.97. The summed E-state index contributed by atoms with van der Waals surface area (Å²) in [5.41, 5.74) is 6.18. The van der Waals surface area contributed by atoms with Crippen LogP contribution in [0.1, 0.15) is 5.82 Å². The molecule has 3 aliphatic rings. The number of hydrogen-bond acceptors (Lipinski definition) is 4. The molecule has 3 heterocycles. The van der Waals surface area contributed by atoms with Crippen LogP contribution in [0.3, 0.4) is 0 Å². The molecule has 4 aromatic rings. The molecule has 0 spiro atoms. The maximum atomic E-state index is 13.1. The number of benzene rings is 3. The molecule has 2 N–H and O–H groups in total. The Labute approximate surface area is 203 Å².